The van der Waals surface area contributed by atoms with Gasteiger partial charge in [-0.05, 0) is 13.8 Å². The lowest BCUT2D eigenvalue weighted by Gasteiger charge is -2.42. The molecule has 4 nitrogen and oxygen atoms in total. The van der Waals surface area contributed by atoms with Gasteiger partial charge in [-0.2, -0.15) is 4.37 Å². The van der Waals surface area contributed by atoms with Crippen molar-refractivity contribution in [3.05, 3.63) is 5.82 Å². The third-order valence-electron chi connectivity index (χ3n) is 2.93. The summed E-state index contributed by atoms with van der Waals surface area (Å²) in [5.74, 6) is 1.37. The van der Waals surface area contributed by atoms with Crippen molar-refractivity contribution in [3.8, 4) is 0 Å². The quantitative estimate of drug-likeness (QED) is 0.875. The van der Waals surface area contributed by atoms with Crippen LogP contribution < -0.4 is 5.32 Å². The minimum atomic E-state index is 0.417. The summed E-state index contributed by atoms with van der Waals surface area (Å²) in [6, 6.07) is 1.20. The number of anilines is 1. The molecule has 0 amide bonds. The molecular formula is C11H20N4S. The molecule has 5 heteroatoms. The Bertz CT molecular complexity index is 342. The summed E-state index contributed by atoms with van der Waals surface area (Å²) in [5, 5.41) is 4.41. The predicted molar refractivity (Wildman–Crippen MR) is 68.1 cm³/mol. The largest absolute Gasteiger partial charge is 0.355 e. The van der Waals surface area contributed by atoms with Gasteiger partial charge in [-0.3, -0.25) is 4.90 Å². The van der Waals surface area contributed by atoms with Crippen molar-refractivity contribution in [1.82, 2.24) is 14.3 Å². The summed E-state index contributed by atoms with van der Waals surface area (Å²) in [7, 11) is 0. The zero-order valence-electron chi connectivity index (χ0n) is 10.4. The molecule has 90 valence electrons. The highest BCUT2D eigenvalue weighted by molar-refractivity contribution is 7.09. The van der Waals surface area contributed by atoms with Crippen LogP contribution in [-0.2, 0) is 0 Å². The van der Waals surface area contributed by atoms with Gasteiger partial charge in [-0.25, -0.2) is 4.98 Å². The van der Waals surface area contributed by atoms with Crippen molar-refractivity contribution in [2.75, 3.05) is 18.4 Å². The monoisotopic (exact) mass is 240 g/mol. The maximum atomic E-state index is 4.48. The molecule has 16 heavy (non-hydrogen) atoms. The number of nitrogens with one attached hydrogen (secondary N) is 1. The van der Waals surface area contributed by atoms with Crippen LogP contribution in [0.2, 0.25) is 0 Å². The molecule has 0 radical (unpaired) electrons. The van der Waals surface area contributed by atoms with E-state index < -0.39 is 0 Å². The van der Waals surface area contributed by atoms with Crippen molar-refractivity contribution in [3.63, 3.8) is 0 Å². The summed E-state index contributed by atoms with van der Waals surface area (Å²) < 4.78 is 4.34. The molecule has 0 bridgehead atoms. The van der Waals surface area contributed by atoms with Crippen LogP contribution in [0.3, 0.4) is 0 Å². The average molecular weight is 240 g/mol. The molecule has 1 aliphatic rings. The zero-order chi connectivity index (χ0) is 11.7. The van der Waals surface area contributed by atoms with E-state index in [4.69, 9.17) is 0 Å². The molecule has 0 unspecified atom stereocenters. The minimum Gasteiger partial charge on any atom is -0.355 e. The van der Waals surface area contributed by atoms with Crippen LogP contribution >= 0.6 is 11.5 Å². The number of nitrogens with zero attached hydrogens (tertiary/aromatic N) is 3. The highest BCUT2D eigenvalue weighted by Crippen LogP contribution is 2.21. The van der Waals surface area contributed by atoms with E-state index in [9.17, 15) is 0 Å². The standard InChI is InChI=1S/C11H20N4S/c1-7(2)10-13-11(16-14-10)12-9-5-15(6-9)8(3)4/h7-9H,5-6H2,1-4H3,(H,12,13,14). The van der Waals surface area contributed by atoms with Crippen molar-refractivity contribution in [2.45, 2.75) is 45.7 Å². The van der Waals surface area contributed by atoms with Gasteiger partial charge in [0.15, 0.2) is 0 Å². The van der Waals surface area contributed by atoms with Gasteiger partial charge in [-0.1, -0.05) is 13.8 Å². The zero-order valence-corrected chi connectivity index (χ0v) is 11.2. The van der Waals surface area contributed by atoms with E-state index in [1.54, 1.807) is 0 Å². The van der Waals surface area contributed by atoms with Crippen molar-refractivity contribution < 1.29 is 0 Å². The van der Waals surface area contributed by atoms with Crippen LogP contribution in [0.5, 0.6) is 0 Å². The molecule has 2 heterocycles. The molecule has 1 aromatic rings. The maximum Gasteiger partial charge on any atom is 0.202 e. The van der Waals surface area contributed by atoms with Crippen molar-refractivity contribution >= 4 is 16.7 Å². The molecule has 0 saturated carbocycles. The number of likely N-dealkylation sites (tertiary alicyclic amines) is 1. The number of hydrogen-bond acceptors (Lipinski definition) is 5. The maximum absolute atomic E-state index is 4.48. The van der Waals surface area contributed by atoms with E-state index in [2.05, 4.69) is 47.3 Å². The third kappa shape index (κ3) is 2.52. The van der Waals surface area contributed by atoms with Gasteiger partial charge in [0, 0.05) is 36.6 Å². The Labute approximate surface area is 101 Å². The van der Waals surface area contributed by atoms with Gasteiger partial charge in [0.1, 0.15) is 5.82 Å². The summed E-state index contributed by atoms with van der Waals surface area (Å²) >= 11 is 1.47. The molecule has 0 spiro atoms. The lowest BCUT2D eigenvalue weighted by atomic mass is 10.1. The lowest BCUT2D eigenvalue weighted by Crippen LogP contribution is -2.57. The number of rotatable bonds is 4. The lowest BCUT2D eigenvalue weighted by molar-refractivity contribution is 0.122. The fourth-order valence-corrected chi connectivity index (χ4v) is 2.51. The first-order chi connectivity index (χ1) is 7.56. The van der Waals surface area contributed by atoms with Gasteiger partial charge in [0.2, 0.25) is 5.13 Å². The molecule has 0 aromatic carbocycles. The first-order valence-corrected chi connectivity index (χ1v) is 6.67. The molecule has 1 aliphatic heterocycles. The Morgan fingerprint density at radius 3 is 2.50 bits per heavy atom. The van der Waals surface area contributed by atoms with Gasteiger partial charge in [-0.15, -0.1) is 0 Å². The minimum absolute atomic E-state index is 0.417. The highest BCUT2D eigenvalue weighted by Gasteiger charge is 2.28. The first-order valence-electron chi connectivity index (χ1n) is 5.90. The molecule has 0 atom stereocenters. The number of hydrogen-bond donors (Lipinski definition) is 1. The van der Waals surface area contributed by atoms with Crippen molar-refractivity contribution in [2.24, 2.45) is 0 Å². The van der Waals surface area contributed by atoms with Crippen LogP contribution in [0.1, 0.15) is 39.4 Å². The fourth-order valence-electron chi connectivity index (χ4n) is 1.73. The van der Waals surface area contributed by atoms with E-state index in [1.165, 1.54) is 11.5 Å². The highest BCUT2D eigenvalue weighted by atomic mass is 32.1. The van der Waals surface area contributed by atoms with E-state index >= 15 is 0 Å². The predicted octanol–water partition coefficient (Wildman–Crippen LogP) is 2.17. The summed E-state index contributed by atoms with van der Waals surface area (Å²) in [6.45, 7) is 10.9. The molecule has 1 fully saturated rings. The molecular weight excluding hydrogens is 220 g/mol. The van der Waals surface area contributed by atoms with Gasteiger partial charge >= 0.3 is 0 Å². The Morgan fingerprint density at radius 1 is 1.31 bits per heavy atom. The third-order valence-corrected chi connectivity index (χ3v) is 3.59. The van der Waals surface area contributed by atoms with E-state index in [1.807, 2.05) is 0 Å². The molecule has 1 saturated heterocycles. The fraction of sp³-hybridized carbons (Fsp3) is 0.818. The Hall–Kier alpha value is -0.680. The average Bonchev–Trinajstić information content (AvgIpc) is 2.58. The van der Waals surface area contributed by atoms with Crippen LogP contribution in [0.25, 0.3) is 0 Å². The van der Waals surface area contributed by atoms with E-state index in [0.29, 0.717) is 18.0 Å². The van der Waals surface area contributed by atoms with Crippen molar-refractivity contribution in [1.29, 1.82) is 0 Å². The summed E-state index contributed by atoms with van der Waals surface area (Å²) in [5.41, 5.74) is 0. The smallest absolute Gasteiger partial charge is 0.202 e. The molecule has 0 aliphatic carbocycles. The normalized spacial score (nSPS) is 18.1. The van der Waals surface area contributed by atoms with E-state index in [-0.39, 0.29) is 0 Å². The Morgan fingerprint density at radius 2 is 2.00 bits per heavy atom. The molecule has 2 rings (SSSR count). The Kier molecular flexibility index (Phi) is 3.44. The molecule has 1 N–H and O–H groups in total. The van der Waals surface area contributed by atoms with Gasteiger partial charge < -0.3 is 5.32 Å². The van der Waals surface area contributed by atoms with Gasteiger partial charge in [0.25, 0.3) is 0 Å². The van der Waals surface area contributed by atoms with Crippen LogP contribution in [0.4, 0.5) is 5.13 Å². The van der Waals surface area contributed by atoms with Crippen LogP contribution in [0, 0.1) is 0 Å². The van der Waals surface area contributed by atoms with Gasteiger partial charge in [0.05, 0.1) is 6.04 Å². The molecule has 1 aromatic heterocycles. The van der Waals surface area contributed by atoms with E-state index in [0.717, 1.165) is 24.0 Å². The second kappa shape index (κ2) is 4.67. The second-order valence-electron chi connectivity index (χ2n) is 5.00. The second-order valence-corrected chi connectivity index (χ2v) is 5.75. The Balaban J connectivity index is 1.82. The first kappa shape index (κ1) is 11.8. The SMILES string of the molecule is CC(C)c1nsc(NC2CN(C(C)C)C2)n1. The van der Waals surface area contributed by atoms with Crippen LogP contribution in [0.15, 0.2) is 0 Å². The summed E-state index contributed by atoms with van der Waals surface area (Å²) in [6.07, 6.45) is 0. The van der Waals surface area contributed by atoms with Crippen LogP contribution in [-0.4, -0.2) is 39.4 Å². The summed E-state index contributed by atoms with van der Waals surface area (Å²) in [4.78, 5) is 6.93. The number of aromatic nitrogens is 2. The topological polar surface area (TPSA) is 41.1 Å².